The van der Waals surface area contributed by atoms with E-state index in [2.05, 4.69) is 34.0 Å². The van der Waals surface area contributed by atoms with E-state index in [1.54, 1.807) is 7.11 Å². The topological polar surface area (TPSA) is 85.0 Å². The van der Waals surface area contributed by atoms with Crippen LogP contribution in [0.15, 0.2) is 47.6 Å². The van der Waals surface area contributed by atoms with E-state index in [1.165, 1.54) is 0 Å². The second kappa shape index (κ2) is 11.3. The number of pyridine rings is 1. The lowest BCUT2D eigenvalue weighted by atomic mass is 10.2. The molecule has 3 rings (SSSR count). The van der Waals surface area contributed by atoms with Gasteiger partial charge in [0, 0.05) is 37.6 Å². The summed E-state index contributed by atoms with van der Waals surface area (Å²) in [5.74, 6) is 1.33. The number of nitrogens with one attached hydrogen (secondary N) is 1. The third-order valence-corrected chi connectivity index (χ3v) is 4.56. The molecule has 0 bridgehead atoms. The van der Waals surface area contributed by atoms with Gasteiger partial charge in [-0.25, -0.2) is 9.98 Å². The maximum atomic E-state index is 6.05. The van der Waals surface area contributed by atoms with Crippen molar-refractivity contribution in [1.82, 2.24) is 4.98 Å². The van der Waals surface area contributed by atoms with E-state index in [1.807, 2.05) is 42.6 Å². The largest absolute Gasteiger partial charge is 0.380 e. The van der Waals surface area contributed by atoms with Crippen molar-refractivity contribution in [2.24, 2.45) is 10.7 Å². The lowest BCUT2D eigenvalue weighted by molar-refractivity contribution is -0.00545. The monoisotopic (exact) mass is 511 g/mol. The Labute approximate surface area is 189 Å². The number of para-hydroxylation sites is 1. The first-order chi connectivity index (χ1) is 13.5. The number of ether oxygens (including phenoxy) is 2. The van der Waals surface area contributed by atoms with Crippen LogP contribution in [0.3, 0.4) is 0 Å². The minimum absolute atomic E-state index is 0. The van der Waals surface area contributed by atoms with E-state index in [4.69, 9.17) is 15.2 Å². The van der Waals surface area contributed by atoms with E-state index >= 15 is 0 Å². The Bertz CT molecular complexity index is 790. The van der Waals surface area contributed by atoms with Gasteiger partial charge >= 0.3 is 0 Å². The fourth-order valence-electron chi connectivity index (χ4n) is 3.34. The second-order valence-electron chi connectivity index (χ2n) is 7.10. The van der Waals surface area contributed by atoms with Gasteiger partial charge in [-0.2, -0.15) is 0 Å². The zero-order chi connectivity index (χ0) is 19.9. The standard InChI is InChI=1S/C21H29N5O2.HI/c1-15-12-26(13-16(2)28-15)20-9-8-17(10-23-20)11-24-21(22)25-19-7-5-4-6-18(19)14-27-3;/h4-10,15-16H,11-14H2,1-3H3,(H3,22,24,25);1H. The van der Waals surface area contributed by atoms with Crippen LogP contribution >= 0.6 is 24.0 Å². The fourth-order valence-corrected chi connectivity index (χ4v) is 3.34. The molecular weight excluding hydrogens is 481 g/mol. The zero-order valence-electron chi connectivity index (χ0n) is 17.2. The van der Waals surface area contributed by atoms with Gasteiger partial charge in [-0.05, 0) is 31.5 Å². The molecule has 1 fully saturated rings. The maximum absolute atomic E-state index is 6.05. The summed E-state index contributed by atoms with van der Waals surface area (Å²) in [4.78, 5) is 11.3. The predicted molar refractivity (Wildman–Crippen MR) is 128 cm³/mol. The summed E-state index contributed by atoms with van der Waals surface area (Å²) in [5.41, 5.74) is 8.99. The van der Waals surface area contributed by atoms with Crippen LogP contribution in [0.1, 0.15) is 25.0 Å². The van der Waals surface area contributed by atoms with Gasteiger partial charge in [-0.15, -0.1) is 24.0 Å². The maximum Gasteiger partial charge on any atom is 0.193 e. The molecule has 29 heavy (non-hydrogen) atoms. The van der Waals surface area contributed by atoms with Crippen molar-refractivity contribution in [1.29, 1.82) is 0 Å². The van der Waals surface area contributed by atoms with Crippen LogP contribution in [-0.2, 0) is 22.6 Å². The van der Waals surface area contributed by atoms with Crippen LogP contribution in [-0.4, -0.2) is 43.4 Å². The van der Waals surface area contributed by atoms with Gasteiger partial charge in [0.05, 0.1) is 25.4 Å². The minimum Gasteiger partial charge on any atom is -0.380 e. The number of morpholine rings is 1. The SMILES string of the molecule is COCc1ccccc1NC(N)=NCc1ccc(N2CC(C)OC(C)C2)nc1.I. The summed E-state index contributed by atoms with van der Waals surface area (Å²) >= 11 is 0. The molecule has 1 saturated heterocycles. The van der Waals surface area contributed by atoms with Crippen LogP contribution in [0.25, 0.3) is 0 Å². The van der Waals surface area contributed by atoms with Crippen LogP contribution in [0.4, 0.5) is 11.5 Å². The molecule has 0 radical (unpaired) electrons. The number of aromatic nitrogens is 1. The number of guanidine groups is 1. The predicted octanol–water partition coefficient (Wildman–Crippen LogP) is 3.39. The lowest BCUT2D eigenvalue weighted by Gasteiger charge is -2.36. The molecule has 0 amide bonds. The molecule has 2 heterocycles. The van der Waals surface area contributed by atoms with Crippen LogP contribution in [0, 0.1) is 0 Å². The van der Waals surface area contributed by atoms with Crippen LogP contribution < -0.4 is 16.0 Å². The average molecular weight is 511 g/mol. The molecule has 3 N–H and O–H groups in total. The van der Waals surface area contributed by atoms with Gasteiger partial charge in [0.25, 0.3) is 0 Å². The normalized spacial score (nSPS) is 19.6. The molecular formula is C21H30IN5O2. The molecule has 1 aliphatic heterocycles. The number of halogens is 1. The smallest absolute Gasteiger partial charge is 0.193 e. The molecule has 158 valence electrons. The van der Waals surface area contributed by atoms with Crippen LogP contribution in [0.5, 0.6) is 0 Å². The van der Waals surface area contributed by atoms with Crippen molar-refractivity contribution in [3.8, 4) is 0 Å². The van der Waals surface area contributed by atoms with Gasteiger partial charge in [0.15, 0.2) is 5.96 Å². The number of benzene rings is 1. The number of methoxy groups -OCH3 is 1. The molecule has 0 spiro atoms. The van der Waals surface area contributed by atoms with Crippen molar-refractivity contribution in [3.05, 3.63) is 53.7 Å². The Kier molecular flexibility index (Phi) is 9.12. The number of nitrogens with zero attached hydrogens (tertiary/aromatic N) is 3. The Morgan fingerprint density at radius 3 is 2.62 bits per heavy atom. The molecule has 7 nitrogen and oxygen atoms in total. The molecule has 1 aromatic carbocycles. The first-order valence-electron chi connectivity index (χ1n) is 9.54. The third-order valence-electron chi connectivity index (χ3n) is 4.56. The van der Waals surface area contributed by atoms with Gasteiger partial charge in [-0.1, -0.05) is 24.3 Å². The Balaban J connectivity index is 0.00000300. The van der Waals surface area contributed by atoms with E-state index in [9.17, 15) is 0 Å². The van der Waals surface area contributed by atoms with Gasteiger partial charge < -0.3 is 25.4 Å². The molecule has 0 aliphatic carbocycles. The first kappa shape index (κ1) is 23.4. The van der Waals surface area contributed by atoms with Gasteiger partial charge in [-0.3, -0.25) is 0 Å². The molecule has 2 aromatic rings. The van der Waals surface area contributed by atoms with Crippen molar-refractivity contribution in [2.75, 3.05) is 30.4 Å². The molecule has 1 aromatic heterocycles. The van der Waals surface area contributed by atoms with Gasteiger partial charge in [0.2, 0.25) is 0 Å². The Morgan fingerprint density at radius 2 is 1.97 bits per heavy atom. The summed E-state index contributed by atoms with van der Waals surface area (Å²) in [6.45, 7) is 6.87. The first-order valence-corrected chi connectivity index (χ1v) is 9.54. The summed E-state index contributed by atoms with van der Waals surface area (Å²) in [5, 5.41) is 3.14. The highest BCUT2D eigenvalue weighted by atomic mass is 127. The quantitative estimate of drug-likeness (QED) is 0.352. The Hall–Kier alpha value is -1.91. The number of aliphatic imine (C=N–C) groups is 1. The zero-order valence-corrected chi connectivity index (χ0v) is 19.5. The van der Waals surface area contributed by atoms with Crippen LogP contribution in [0.2, 0.25) is 0 Å². The molecule has 0 saturated carbocycles. The highest BCUT2D eigenvalue weighted by Gasteiger charge is 2.22. The average Bonchev–Trinajstić information content (AvgIpc) is 2.68. The minimum atomic E-state index is 0. The van der Waals surface area contributed by atoms with Crippen molar-refractivity contribution >= 4 is 41.4 Å². The fraction of sp³-hybridized carbons (Fsp3) is 0.429. The highest BCUT2D eigenvalue weighted by molar-refractivity contribution is 14.0. The van der Waals surface area contributed by atoms with Crippen molar-refractivity contribution < 1.29 is 9.47 Å². The highest BCUT2D eigenvalue weighted by Crippen LogP contribution is 2.19. The summed E-state index contributed by atoms with van der Waals surface area (Å²) in [6.07, 6.45) is 2.28. The van der Waals surface area contributed by atoms with E-state index in [-0.39, 0.29) is 36.2 Å². The van der Waals surface area contributed by atoms with Gasteiger partial charge in [0.1, 0.15) is 5.82 Å². The van der Waals surface area contributed by atoms with Crippen molar-refractivity contribution in [3.63, 3.8) is 0 Å². The number of anilines is 2. The number of rotatable bonds is 6. The molecule has 8 heteroatoms. The summed E-state index contributed by atoms with van der Waals surface area (Å²) in [6, 6.07) is 11.9. The third kappa shape index (κ3) is 6.83. The lowest BCUT2D eigenvalue weighted by Crippen LogP contribution is -2.45. The van der Waals surface area contributed by atoms with Crippen molar-refractivity contribution in [2.45, 2.75) is 39.2 Å². The second-order valence-corrected chi connectivity index (χ2v) is 7.10. The van der Waals surface area contributed by atoms with E-state index < -0.39 is 0 Å². The summed E-state index contributed by atoms with van der Waals surface area (Å²) in [7, 11) is 1.67. The van der Waals surface area contributed by atoms with E-state index in [0.717, 1.165) is 35.7 Å². The molecule has 2 unspecified atom stereocenters. The summed E-state index contributed by atoms with van der Waals surface area (Å²) < 4.78 is 11.0. The number of nitrogens with two attached hydrogens (primary N) is 1. The molecule has 2 atom stereocenters. The molecule has 1 aliphatic rings. The Morgan fingerprint density at radius 1 is 1.24 bits per heavy atom. The number of hydrogen-bond donors (Lipinski definition) is 2. The van der Waals surface area contributed by atoms with E-state index in [0.29, 0.717) is 19.1 Å². The number of hydrogen-bond acceptors (Lipinski definition) is 5.